The lowest BCUT2D eigenvalue weighted by molar-refractivity contribution is 0.615. The second-order valence-corrected chi connectivity index (χ2v) is 4.05. The van der Waals surface area contributed by atoms with Crippen LogP contribution in [0.3, 0.4) is 0 Å². The highest BCUT2D eigenvalue weighted by atomic mass is 32.2. The first-order chi connectivity index (χ1) is 3.98. The van der Waals surface area contributed by atoms with Crippen LogP contribution in [0.4, 0.5) is 0 Å². The minimum atomic E-state index is 0.131. The van der Waals surface area contributed by atoms with E-state index >= 15 is 0 Å². The molecule has 0 atom stereocenters. The average molecular weight is 145 g/mol. The molecule has 0 aromatic rings. The maximum absolute atomic E-state index is 3.76. The fourth-order valence-electron chi connectivity index (χ4n) is 0.565. The van der Waals surface area contributed by atoms with Crippen LogP contribution in [0, 0.1) is 0 Å². The fraction of sp³-hybridized carbons (Fsp3) is 0.714. The Morgan fingerprint density at radius 2 is 2.00 bits per heavy atom. The van der Waals surface area contributed by atoms with Gasteiger partial charge in [0.2, 0.25) is 0 Å². The van der Waals surface area contributed by atoms with E-state index in [0.717, 1.165) is 5.70 Å². The molecule has 0 unspecified atom stereocenters. The van der Waals surface area contributed by atoms with Gasteiger partial charge in [0.15, 0.2) is 0 Å². The lowest BCUT2D eigenvalue weighted by atomic mass is 10.3. The zero-order chi connectivity index (χ0) is 7.49. The molecule has 0 saturated heterocycles. The van der Waals surface area contributed by atoms with Crippen LogP contribution in [0.1, 0.15) is 20.8 Å². The molecule has 0 rings (SSSR count). The predicted molar refractivity (Wildman–Crippen MR) is 45.5 cm³/mol. The van der Waals surface area contributed by atoms with Crippen molar-refractivity contribution in [3.05, 3.63) is 12.3 Å². The van der Waals surface area contributed by atoms with Gasteiger partial charge in [-0.15, -0.1) is 11.8 Å². The van der Waals surface area contributed by atoms with Crippen molar-refractivity contribution in [3.8, 4) is 0 Å². The Morgan fingerprint density at radius 1 is 1.56 bits per heavy atom. The van der Waals surface area contributed by atoms with Crippen molar-refractivity contribution in [3.63, 3.8) is 0 Å². The Bertz CT molecular complexity index is 107. The number of allylic oxidation sites excluding steroid dienone is 1. The Balaban J connectivity index is 3.71. The molecule has 54 valence electrons. The molecule has 2 heteroatoms. The quantitative estimate of drug-likeness (QED) is 0.611. The molecule has 0 aliphatic heterocycles. The molecule has 1 nitrogen and oxygen atoms in total. The smallest absolute Gasteiger partial charge is 0.0771 e. The third-order valence-electron chi connectivity index (χ3n) is 1.02. The summed E-state index contributed by atoms with van der Waals surface area (Å²) in [4.78, 5) is 0.131. The first-order valence-corrected chi connectivity index (χ1v) is 4.19. The summed E-state index contributed by atoms with van der Waals surface area (Å²) in [5.74, 6) is 0. The Morgan fingerprint density at radius 3 is 2.11 bits per heavy atom. The SMILES string of the molecule is C=C(C)NC(C)(C)SC. The van der Waals surface area contributed by atoms with E-state index in [1.165, 1.54) is 0 Å². The van der Waals surface area contributed by atoms with E-state index in [-0.39, 0.29) is 4.87 Å². The summed E-state index contributed by atoms with van der Waals surface area (Å²) in [5, 5.41) is 3.24. The van der Waals surface area contributed by atoms with Crippen LogP contribution < -0.4 is 5.32 Å². The van der Waals surface area contributed by atoms with Gasteiger partial charge >= 0.3 is 0 Å². The summed E-state index contributed by atoms with van der Waals surface area (Å²) in [6.07, 6.45) is 2.08. The predicted octanol–water partition coefficient (Wildman–Crippen LogP) is 2.21. The number of rotatable bonds is 3. The van der Waals surface area contributed by atoms with Crippen LogP contribution in [-0.4, -0.2) is 11.1 Å². The van der Waals surface area contributed by atoms with Crippen molar-refractivity contribution in [1.29, 1.82) is 0 Å². The van der Waals surface area contributed by atoms with Gasteiger partial charge < -0.3 is 5.32 Å². The van der Waals surface area contributed by atoms with Gasteiger partial charge in [-0.25, -0.2) is 0 Å². The minimum Gasteiger partial charge on any atom is -0.375 e. The summed E-state index contributed by atoms with van der Waals surface area (Å²) < 4.78 is 0. The third kappa shape index (κ3) is 4.40. The normalized spacial score (nSPS) is 11.1. The first kappa shape index (κ1) is 8.89. The molecular weight excluding hydrogens is 130 g/mol. The molecule has 0 amide bonds. The van der Waals surface area contributed by atoms with Crippen molar-refractivity contribution >= 4 is 11.8 Å². The number of nitrogens with one attached hydrogen (secondary N) is 1. The van der Waals surface area contributed by atoms with Gasteiger partial charge in [-0.05, 0) is 27.0 Å². The summed E-state index contributed by atoms with van der Waals surface area (Å²) >= 11 is 1.78. The zero-order valence-corrected chi connectivity index (χ0v) is 7.43. The average Bonchev–Trinajstić information content (AvgIpc) is 1.63. The molecule has 0 fully saturated rings. The molecule has 0 aromatic carbocycles. The van der Waals surface area contributed by atoms with Crippen LogP contribution in [-0.2, 0) is 0 Å². The molecule has 0 radical (unpaired) electrons. The van der Waals surface area contributed by atoms with Gasteiger partial charge in [0, 0.05) is 5.70 Å². The van der Waals surface area contributed by atoms with Crippen molar-refractivity contribution in [2.45, 2.75) is 25.6 Å². The van der Waals surface area contributed by atoms with E-state index in [1.54, 1.807) is 11.8 Å². The molecule has 0 heterocycles. The summed E-state index contributed by atoms with van der Waals surface area (Å²) in [5.41, 5.74) is 1.02. The minimum absolute atomic E-state index is 0.131. The fourth-order valence-corrected chi connectivity index (χ4v) is 0.841. The van der Waals surface area contributed by atoms with E-state index < -0.39 is 0 Å². The third-order valence-corrected chi connectivity index (χ3v) is 2.15. The number of hydrogen-bond acceptors (Lipinski definition) is 2. The van der Waals surface area contributed by atoms with E-state index in [9.17, 15) is 0 Å². The van der Waals surface area contributed by atoms with Crippen LogP contribution in [0.25, 0.3) is 0 Å². The monoisotopic (exact) mass is 145 g/mol. The van der Waals surface area contributed by atoms with E-state index in [0.29, 0.717) is 0 Å². The van der Waals surface area contributed by atoms with Gasteiger partial charge in [-0.1, -0.05) is 6.58 Å². The van der Waals surface area contributed by atoms with Gasteiger partial charge in [0.05, 0.1) is 4.87 Å². The molecular formula is C7H15NS. The van der Waals surface area contributed by atoms with Crippen molar-refractivity contribution in [2.75, 3.05) is 6.26 Å². The van der Waals surface area contributed by atoms with Crippen molar-refractivity contribution in [2.24, 2.45) is 0 Å². The van der Waals surface area contributed by atoms with Crippen LogP contribution in [0.2, 0.25) is 0 Å². The number of hydrogen-bond donors (Lipinski definition) is 1. The Kier molecular flexibility index (Phi) is 3.12. The molecule has 0 aromatic heterocycles. The molecule has 0 spiro atoms. The van der Waals surface area contributed by atoms with E-state index in [2.05, 4.69) is 32.0 Å². The van der Waals surface area contributed by atoms with Gasteiger partial charge in [-0.2, -0.15) is 0 Å². The van der Waals surface area contributed by atoms with Gasteiger partial charge in [0.25, 0.3) is 0 Å². The first-order valence-electron chi connectivity index (χ1n) is 2.97. The van der Waals surface area contributed by atoms with Crippen LogP contribution in [0.5, 0.6) is 0 Å². The topological polar surface area (TPSA) is 12.0 Å². The highest BCUT2D eigenvalue weighted by Gasteiger charge is 2.12. The zero-order valence-electron chi connectivity index (χ0n) is 6.62. The highest BCUT2D eigenvalue weighted by molar-refractivity contribution is 7.99. The van der Waals surface area contributed by atoms with Crippen LogP contribution >= 0.6 is 11.8 Å². The summed E-state index contributed by atoms with van der Waals surface area (Å²) in [6, 6.07) is 0. The largest absolute Gasteiger partial charge is 0.375 e. The second-order valence-electron chi connectivity index (χ2n) is 2.62. The lowest BCUT2D eigenvalue weighted by Gasteiger charge is -2.24. The molecule has 0 aliphatic carbocycles. The highest BCUT2D eigenvalue weighted by Crippen LogP contribution is 2.17. The van der Waals surface area contributed by atoms with E-state index in [4.69, 9.17) is 0 Å². The molecule has 0 aliphatic rings. The van der Waals surface area contributed by atoms with Gasteiger partial charge in [-0.3, -0.25) is 0 Å². The Labute approximate surface area is 61.9 Å². The standard InChI is InChI=1S/C7H15NS/c1-6(2)8-7(3,4)9-5/h8H,1H2,2-5H3. The molecule has 0 saturated carbocycles. The lowest BCUT2D eigenvalue weighted by Crippen LogP contribution is -2.33. The van der Waals surface area contributed by atoms with E-state index in [1.807, 2.05) is 6.92 Å². The maximum atomic E-state index is 3.76. The molecule has 9 heavy (non-hydrogen) atoms. The summed E-state index contributed by atoms with van der Waals surface area (Å²) in [7, 11) is 0. The Hall–Kier alpha value is -0.110. The second kappa shape index (κ2) is 3.16. The maximum Gasteiger partial charge on any atom is 0.0771 e. The van der Waals surface area contributed by atoms with Crippen LogP contribution in [0.15, 0.2) is 12.3 Å². The summed E-state index contributed by atoms with van der Waals surface area (Å²) in [6.45, 7) is 10.00. The van der Waals surface area contributed by atoms with Gasteiger partial charge in [0.1, 0.15) is 0 Å². The number of thioether (sulfide) groups is 1. The molecule has 0 bridgehead atoms. The molecule has 1 N–H and O–H groups in total. The van der Waals surface area contributed by atoms with Crippen molar-refractivity contribution in [1.82, 2.24) is 5.32 Å². The van der Waals surface area contributed by atoms with Crippen molar-refractivity contribution < 1.29 is 0 Å².